The largest absolute Gasteiger partial charge is 0.342 e. The number of thioether (sulfide) groups is 1. The molecule has 2 heterocycles. The molecule has 0 aromatic heterocycles. The molecule has 27 heavy (non-hydrogen) atoms. The van der Waals surface area contributed by atoms with Crippen LogP contribution in [0.25, 0.3) is 0 Å². The summed E-state index contributed by atoms with van der Waals surface area (Å²) in [5.74, 6) is 1.87. The van der Waals surface area contributed by atoms with Crippen molar-refractivity contribution in [1.82, 2.24) is 14.7 Å². The lowest BCUT2D eigenvalue weighted by Gasteiger charge is -2.36. The van der Waals surface area contributed by atoms with Gasteiger partial charge in [0, 0.05) is 45.0 Å². The number of rotatable bonds is 6. The third kappa shape index (κ3) is 6.25. The van der Waals surface area contributed by atoms with Crippen LogP contribution < -0.4 is 0 Å². The average molecular weight is 390 g/mol. The lowest BCUT2D eigenvalue weighted by atomic mass is 10.1. The van der Waals surface area contributed by atoms with Crippen molar-refractivity contribution in [2.45, 2.75) is 31.9 Å². The number of hydrogen-bond donors (Lipinski definition) is 0. The van der Waals surface area contributed by atoms with Gasteiger partial charge >= 0.3 is 0 Å². The molecule has 5 nitrogen and oxygen atoms in total. The van der Waals surface area contributed by atoms with Gasteiger partial charge in [0.2, 0.25) is 11.8 Å². The molecule has 148 valence electrons. The predicted octanol–water partition coefficient (Wildman–Crippen LogP) is 2.38. The van der Waals surface area contributed by atoms with Crippen LogP contribution in [0.15, 0.2) is 24.3 Å². The Kier molecular flexibility index (Phi) is 7.59. The minimum absolute atomic E-state index is 0.217. The first-order valence-electron chi connectivity index (χ1n) is 10.0. The fraction of sp³-hybridized carbons (Fsp3) is 0.619. The second kappa shape index (κ2) is 10.1. The van der Waals surface area contributed by atoms with Crippen LogP contribution in [0, 0.1) is 6.92 Å². The average Bonchev–Trinajstić information content (AvgIpc) is 2.69. The highest BCUT2D eigenvalue weighted by Gasteiger charge is 2.24. The van der Waals surface area contributed by atoms with Gasteiger partial charge in [-0.1, -0.05) is 29.8 Å². The first-order chi connectivity index (χ1) is 13.1. The number of nitrogens with zero attached hydrogens (tertiary/aromatic N) is 3. The summed E-state index contributed by atoms with van der Waals surface area (Å²) in [5, 5.41) is 0. The molecule has 1 aromatic carbocycles. The highest BCUT2D eigenvalue weighted by Crippen LogP contribution is 2.15. The maximum Gasteiger partial charge on any atom is 0.236 e. The molecular weight excluding hydrogens is 358 g/mol. The first kappa shape index (κ1) is 20.2. The van der Waals surface area contributed by atoms with Gasteiger partial charge in [0.1, 0.15) is 0 Å². The highest BCUT2D eigenvalue weighted by molar-refractivity contribution is 7.99. The third-order valence-electron chi connectivity index (χ3n) is 5.37. The van der Waals surface area contributed by atoms with Gasteiger partial charge in [-0.05, 0) is 31.7 Å². The zero-order valence-corrected chi connectivity index (χ0v) is 17.2. The van der Waals surface area contributed by atoms with E-state index in [4.69, 9.17) is 0 Å². The summed E-state index contributed by atoms with van der Waals surface area (Å²) in [4.78, 5) is 31.0. The van der Waals surface area contributed by atoms with Gasteiger partial charge in [0.15, 0.2) is 0 Å². The molecule has 2 saturated heterocycles. The molecule has 0 atom stereocenters. The molecule has 0 radical (unpaired) electrons. The Hall–Kier alpha value is -1.53. The maximum atomic E-state index is 12.4. The fourth-order valence-corrected chi connectivity index (χ4v) is 4.61. The Labute approximate surface area is 167 Å². The van der Waals surface area contributed by atoms with E-state index in [1.807, 2.05) is 9.80 Å². The van der Waals surface area contributed by atoms with Gasteiger partial charge in [0.05, 0.1) is 12.3 Å². The van der Waals surface area contributed by atoms with E-state index < -0.39 is 0 Å². The molecule has 0 aliphatic carbocycles. The second-order valence-corrected chi connectivity index (χ2v) is 8.57. The first-order valence-corrected chi connectivity index (χ1v) is 11.2. The van der Waals surface area contributed by atoms with Gasteiger partial charge < -0.3 is 9.80 Å². The van der Waals surface area contributed by atoms with Crippen molar-refractivity contribution in [2.75, 3.05) is 51.6 Å². The minimum Gasteiger partial charge on any atom is -0.342 e. The van der Waals surface area contributed by atoms with Gasteiger partial charge in [-0.2, -0.15) is 0 Å². The Morgan fingerprint density at radius 1 is 0.926 bits per heavy atom. The summed E-state index contributed by atoms with van der Waals surface area (Å²) < 4.78 is 0. The molecule has 0 bridgehead atoms. The minimum atomic E-state index is 0.217. The number of aryl methyl sites for hydroxylation is 1. The Morgan fingerprint density at radius 2 is 1.63 bits per heavy atom. The van der Waals surface area contributed by atoms with Gasteiger partial charge in [-0.25, -0.2) is 0 Å². The number of piperidine rings is 1. The van der Waals surface area contributed by atoms with E-state index in [1.54, 1.807) is 11.8 Å². The molecule has 0 unspecified atom stereocenters. The van der Waals surface area contributed by atoms with Crippen molar-refractivity contribution in [3.63, 3.8) is 0 Å². The lowest BCUT2D eigenvalue weighted by Crippen LogP contribution is -2.52. The van der Waals surface area contributed by atoms with Crippen LogP contribution in [0.1, 0.15) is 30.4 Å². The fourth-order valence-electron chi connectivity index (χ4n) is 3.74. The zero-order chi connectivity index (χ0) is 19.1. The van der Waals surface area contributed by atoms with E-state index in [9.17, 15) is 9.59 Å². The summed E-state index contributed by atoms with van der Waals surface area (Å²) in [7, 11) is 0. The monoisotopic (exact) mass is 389 g/mol. The second-order valence-electron chi connectivity index (χ2n) is 7.58. The molecule has 6 heteroatoms. The van der Waals surface area contributed by atoms with Crippen molar-refractivity contribution in [3.05, 3.63) is 35.4 Å². The zero-order valence-electron chi connectivity index (χ0n) is 16.4. The van der Waals surface area contributed by atoms with Crippen LogP contribution in [0.2, 0.25) is 0 Å². The molecule has 2 amide bonds. The van der Waals surface area contributed by atoms with Crippen molar-refractivity contribution in [3.8, 4) is 0 Å². The molecule has 1 aromatic rings. The topological polar surface area (TPSA) is 43.9 Å². The van der Waals surface area contributed by atoms with Gasteiger partial charge in [-0.3, -0.25) is 14.5 Å². The number of benzene rings is 1. The van der Waals surface area contributed by atoms with Crippen molar-refractivity contribution < 1.29 is 9.59 Å². The van der Waals surface area contributed by atoms with E-state index in [-0.39, 0.29) is 11.8 Å². The smallest absolute Gasteiger partial charge is 0.236 e. The standard InChI is InChI=1S/C21H31N3O2S/c1-18-6-5-7-19(14-18)16-27-17-21(26)24-12-10-22(11-13-24)15-20(25)23-8-3-2-4-9-23/h5-7,14H,2-4,8-13,15-17H2,1H3. The van der Waals surface area contributed by atoms with Crippen LogP contribution in [0.4, 0.5) is 0 Å². The molecule has 2 aliphatic heterocycles. The summed E-state index contributed by atoms with van der Waals surface area (Å²) in [6.45, 7) is 7.49. The molecule has 0 spiro atoms. The van der Waals surface area contributed by atoms with Crippen LogP contribution in [0.3, 0.4) is 0 Å². The maximum absolute atomic E-state index is 12.4. The number of carbonyl (C=O) groups is 2. The van der Waals surface area contributed by atoms with Crippen molar-refractivity contribution in [1.29, 1.82) is 0 Å². The van der Waals surface area contributed by atoms with Crippen molar-refractivity contribution in [2.24, 2.45) is 0 Å². The van der Waals surface area contributed by atoms with Crippen LogP contribution in [-0.2, 0) is 15.3 Å². The third-order valence-corrected chi connectivity index (χ3v) is 6.36. The number of carbonyl (C=O) groups excluding carboxylic acids is 2. The number of likely N-dealkylation sites (tertiary alicyclic amines) is 1. The Balaban J connectivity index is 1.34. The van der Waals surface area contributed by atoms with Crippen LogP contribution in [0.5, 0.6) is 0 Å². The molecule has 2 fully saturated rings. The van der Waals surface area contributed by atoms with Crippen LogP contribution in [-0.4, -0.2) is 78.1 Å². The SMILES string of the molecule is Cc1cccc(CSCC(=O)N2CCN(CC(=O)N3CCCCC3)CC2)c1. The molecule has 0 N–H and O–H groups in total. The van der Waals surface area contributed by atoms with Gasteiger partial charge in [0.25, 0.3) is 0 Å². The van der Waals surface area contributed by atoms with E-state index in [2.05, 4.69) is 36.1 Å². The highest BCUT2D eigenvalue weighted by atomic mass is 32.2. The number of piperazine rings is 1. The Bertz CT molecular complexity index is 638. The van der Waals surface area contributed by atoms with E-state index in [0.29, 0.717) is 12.3 Å². The lowest BCUT2D eigenvalue weighted by molar-refractivity contribution is -0.134. The van der Waals surface area contributed by atoms with E-state index in [0.717, 1.165) is 57.9 Å². The van der Waals surface area contributed by atoms with Crippen molar-refractivity contribution >= 4 is 23.6 Å². The molecule has 0 saturated carbocycles. The molecule has 2 aliphatic rings. The van der Waals surface area contributed by atoms with E-state index >= 15 is 0 Å². The normalized spacial score (nSPS) is 18.6. The quantitative estimate of drug-likeness (QED) is 0.749. The summed E-state index contributed by atoms with van der Waals surface area (Å²) in [6, 6.07) is 8.45. The summed E-state index contributed by atoms with van der Waals surface area (Å²) >= 11 is 1.68. The molecule has 3 rings (SSSR count). The van der Waals surface area contributed by atoms with Crippen LogP contribution >= 0.6 is 11.8 Å². The van der Waals surface area contributed by atoms with Gasteiger partial charge in [-0.15, -0.1) is 11.8 Å². The number of hydrogen-bond acceptors (Lipinski definition) is 4. The number of amides is 2. The Morgan fingerprint density at radius 3 is 2.33 bits per heavy atom. The molecular formula is C21H31N3O2S. The predicted molar refractivity (Wildman–Crippen MR) is 111 cm³/mol. The summed E-state index contributed by atoms with van der Waals surface area (Å²) in [6.07, 6.45) is 3.51. The van der Waals surface area contributed by atoms with E-state index in [1.165, 1.54) is 17.5 Å². The summed E-state index contributed by atoms with van der Waals surface area (Å²) in [5.41, 5.74) is 2.53.